The van der Waals surface area contributed by atoms with Crippen molar-refractivity contribution >= 4 is 54.1 Å². The average Bonchev–Trinajstić information content (AvgIpc) is 3.62. The standard InChI is InChI=1S/C53H32N4/c54-33-34-17-23-44-45-24-22-38(30-53(45)57(52(44)29-34)39-9-2-1-3-10-39)35-18-20-36(21-19-35)46-31-47-42-13-6-7-14-43(42)49(32-48(47)41-12-5-4-11-40(41)46)51-16-8-15-50(56-51)37-25-27-55-28-26-37/h1-32H. The number of para-hydroxylation sites is 1. The van der Waals surface area contributed by atoms with Crippen molar-refractivity contribution in [1.82, 2.24) is 14.5 Å². The molecule has 0 saturated carbocycles. The topological polar surface area (TPSA) is 54.5 Å². The van der Waals surface area contributed by atoms with E-state index < -0.39 is 0 Å². The Bertz CT molecular complexity index is 3390. The lowest BCUT2D eigenvalue weighted by Gasteiger charge is -2.16. The Kier molecular flexibility index (Phi) is 7.52. The predicted octanol–water partition coefficient (Wildman–Crippen LogP) is 13.6. The molecule has 0 aliphatic heterocycles. The van der Waals surface area contributed by atoms with Crippen LogP contribution in [0.1, 0.15) is 5.56 Å². The number of pyridine rings is 2. The fourth-order valence-corrected chi connectivity index (χ4v) is 8.64. The van der Waals surface area contributed by atoms with Gasteiger partial charge in [0.05, 0.1) is 34.1 Å². The van der Waals surface area contributed by atoms with E-state index in [2.05, 4.69) is 167 Å². The first-order chi connectivity index (χ1) is 28.2. The molecule has 4 heteroatoms. The zero-order valence-corrected chi connectivity index (χ0v) is 30.8. The summed E-state index contributed by atoms with van der Waals surface area (Å²) in [5.74, 6) is 0. The van der Waals surface area contributed by atoms with Gasteiger partial charge < -0.3 is 4.57 Å². The highest BCUT2D eigenvalue weighted by Crippen LogP contribution is 2.42. The predicted molar refractivity (Wildman–Crippen MR) is 235 cm³/mol. The van der Waals surface area contributed by atoms with Crippen molar-refractivity contribution in [3.05, 3.63) is 200 Å². The molecule has 0 radical (unpaired) electrons. The fourth-order valence-electron chi connectivity index (χ4n) is 8.64. The Labute approximate surface area is 329 Å². The van der Waals surface area contributed by atoms with Gasteiger partial charge in [-0.3, -0.25) is 4.98 Å². The summed E-state index contributed by atoms with van der Waals surface area (Å²) in [6.45, 7) is 0. The van der Waals surface area contributed by atoms with E-state index in [9.17, 15) is 5.26 Å². The lowest BCUT2D eigenvalue weighted by molar-refractivity contribution is 1.18. The van der Waals surface area contributed by atoms with Gasteiger partial charge in [0.2, 0.25) is 0 Å². The molecule has 0 N–H and O–H groups in total. The summed E-state index contributed by atoms with van der Waals surface area (Å²) in [7, 11) is 0. The highest BCUT2D eigenvalue weighted by Gasteiger charge is 2.17. The van der Waals surface area contributed by atoms with Crippen LogP contribution in [-0.4, -0.2) is 14.5 Å². The van der Waals surface area contributed by atoms with Gasteiger partial charge in [0, 0.05) is 40.0 Å². The first-order valence-corrected chi connectivity index (χ1v) is 19.1. The molecular formula is C53H32N4. The molecule has 0 aliphatic carbocycles. The Hall–Kier alpha value is -7.87. The first-order valence-electron chi connectivity index (χ1n) is 19.1. The van der Waals surface area contributed by atoms with Crippen molar-refractivity contribution in [2.75, 3.05) is 0 Å². The number of hydrogen-bond donors (Lipinski definition) is 0. The van der Waals surface area contributed by atoms with E-state index in [1.54, 1.807) is 0 Å². The van der Waals surface area contributed by atoms with Crippen molar-refractivity contribution in [3.8, 4) is 56.5 Å². The van der Waals surface area contributed by atoms with E-state index >= 15 is 0 Å². The zero-order chi connectivity index (χ0) is 37.9. The lowest BCUT2D eigenvalue weighted by atomic mass is 9.88. The maximum absolute atomic E-state index is 9.72. The molecule has 0 spiro atoms. The minimum absolute atomic E-state index is 0.650. The molecule has 0 unspecified atom stereocenters. The van der Waals surface area contributed by atoms with Crippen LogP contribution in [0.3, 0.4) is 0 Å². The number of fused-ring (bicyclic) bond motifs is 8. The van der Waals surface area contributed by atoms with Crippen LogP contribution in [-0.2, 0) is 0 Å². The number of nitrogens with zero attached hydrogens (tertiary/aromatic N) is 4. The molecule has 57 heavy (non-hydrogen) atoms. The molecule has 11 rings (SSSR count). The third-order valence-electron chi connectivity index (χ3n) is 11.3. The summed E-state index contributed by atoms with van der Waals surface area (Å²) in [6.07, 6.45) is 3.62. The highest BCUT2D eigenvalue weighted by atomic mass is 15.0. The average molecular weight is 725 g/mol. The minimum Gasteiger partial charge on any atom is -0.309 e. The second kappa shape index (κ2) is 13.2. The van der Waals surface area contributed by atoms with Crippen molar-refractivity contribution in [1.29, 1.82) is 5.26 Å². The van der Waals surface area contributed by atoms with Crippen molar-refractivity contribution in [2.45, 2.75) is 0 Å². The maximum atomic E-state index is 9.72. The van der Waals surface area contributed by atoms with Crippen LogP contribution >= 0.6 is 0 Å². The Morgan fingerprint density at radius 2 is 0.965 bits per heavy atom. The van der Waals surface area contributed by atoms with Crippen molar-refractivity contribution in [3.63, 3.8) is 0 Å². The third kappa shape index (κ3) is 5.37. The van der Waals surface area contributed by atoms with Gasteiger partial charge in [-0.1, -0.05) is 115 Å². The molecule has 0 atom stereocenters. The first kappa shape index (κ1) is 32.6. The van der Waals surface area contributed by atoms with Gasteiger partial charge in [0.1, 0.15) is 0 Å². The summed E-state index contributed by atoms with van der Waals surface area (Å²) >= 11 is 0. The Morgan fingerprint density at radius 3 is 1.68 bits per heavy atom. The molecule has 3 heterocycles. The van der Waals surface area contributed by atoms with Gasteiger partial charge in [0.15, 0.2) is 0 Å². The summed E-state index contributed by atoms with van der Waals surface area (Å²) in [4.78, 5) is 9.36. The second-order valence-corrected chi connectivity index (χ2v) is 14.5. The largest absolute Gasteiger partial charge is 0.309 e. The van der Waals surface area contributed by atoms with E-state index in [-0.39, 0.29) is 0 Å². The Balaban J connectivity index is 1.05. The minimum atomic E-state index is 0.650. The molecule has 4 nitrogen and oxygen atoms in total. The normalized spacial score (nSPS) is 11.5. The van der Waals surface area contributed by atoms with Gasteiger partial charge in [-0.2, -0.15) is 5.26 Å². The molecule has 3 aromatic heterocycles. The Morgan fingerprint density at radius 1 is 0.386 bits per heavy atom. The maximum Gasteiger partial charge on any atom is 0.0992 e. The molecule has 264 valence electrons. The molecule has 11 aromatic rings. The molecule has 0 amide bonds. The van der Waals surface area contributed by atoms with E-state index in [0.717, 1.165) is 61.1 Å². The van der Waals surface area contributed by atoms with Crippen LogP contribution in [0.15, 0.2) is 194 Å². The quantitative estimate of drug-likeness (QED) is 0.166. The summed E-state index contributed by atoms with van der Waals surface area (Å²) in [5.41, 5.74) is 12.5. The number of hydrogen-bond acceptors (Lipinski definition) is 3. The lowest BCUT2D eigenvalue weighted by Crippen LogP contribution is -1.93. The van der Waals surface area contributed by atoms with Crippen LogP contribution in [0.4, 0.5) is 0 Å². The van der Waals surface area contributed by atoms with Crippen molar-refractivity contribution in [2.24, 2.45) is 0 Å². The number of benzene rings is 8. The zero-order valence-electron chi connectivity index (χ0n) is 30.8. The van der Waals surface area contributed by atoms with Crippen LogP contribution in [0.5, 0.6) is 0 Å². The van der Waals surface area contributed by atoms with Gasteiger partial charge in [-0.25, -0.2) is 4.98 Å². The van der Waals surface area contributed by atoms with Gasteiger partial charge in [-0.05, 0) is 121 Å². The highest BCUT2D eigenvalue weighted by molar-refractivity contribution is 6.23. The molecule has 0 bridgehead atoms. The van der Waals surface area contributed by atoms with Crippen molar-refractivity contribution < 1.29 is 0 Å². The number of aromatic nitrogens is 3. The summed E-state index contributed by atoms with van der Waals surface area (Å²) in [5, 5.41) is 19.2. The molecule has 0 aliphatic rings. The van der Waals surface area contributed by atoms with E-state index in [1.165, 1.54) is 43.4 Å². The monoisotopic (exact) mass is 724 g/mol. The number of nitriles is 1. The number of rotatable bonds is 5. The van der Waals surface area contributed by atoms with E-state index in [4.69, 9.17) is 4.98 Å². The SMILES string of the molecule is N#Cc1ccc2c3ccc(-c4ccc(-c5cc6c7ccccc7c(-c7cccc(-c8ccncc8)n7)cc6c6ccccc56)cc4)cc3n(-c3ccccc3)c2c1. The molecule has 0 saturated heterocycles. The molecule has 8 aromatic carbocycles. The summed E-state index contributed by atoms with van der Waals surface area (Å²) < 4.78 is 2.27. The smallest absolute Gasteiger partial charge is 0.0992 e. The van der Waals surface area contributed by atoms with Gasteiger partial charge in [0.25, 0.3) is 0 Å². The van der Waals surface area contributed by atoms with E-state index in [0.29, 0.717) is 5.56 Å². The third-order valence-corrected chi connectivity index (χ3v) is 11.3. The fraction of sp³-hybridized carbons (Fsp3) is 0. The van der Waals surface area contributed by atoms with Gasteiger partial charge in [-0.15, -0.1) is 0 Å². The van der Waals surface area contributed by atoms with E-state index in [1.807, 2.05) is 42.7 Å². The summed E-state index contributed by atoms with van der Waals surface area (Å²) in [6, 6.07) is 66.8. The van der Waals surface area contributed by atoms with Gasteiger partial charge >= 0.3 is 0 Å². The second-order valence-electron chi connectivity index (χ2n) is 14.5. The van der Waals surface area contributed by atoms with Crippen LogP contribution in [0, 0.1) is 11.3 Å². The van der Waals surface area contributed by atoms with Crippen LogP contribution in [0.2, 0.25) is 0 Å². The molecular weight excluding hydrogens is 693 g/mol. The van der Waals surface area contributed by atoms with Crippen LogP contribution in [0.25, 0.3) is 105 Å². The van der Waals surface area contributed by atoms with Crippen LogP contribution < -0.4 is 0 Å². The molecule has 0 fully saturated rings.